The Kier molecular flexibility index (Phi) is 8.42. The second-order valence-corrected chi connectivity index (χ2v) is 10.4. The van der Waals surface area contributed by atoms with E-state index in [4.69, 9.17) is 21.3 Å². The summed E-state index contributed by atoms with van der Waals surface area (Å²) in [4.78, 5) is 18.1. The van der Waals surface area contributed by atoms with Crippen LogP contribution in [0.25, 0.3) is 10.9 Å². The highest BCUT2D eigenvalue weighted by Crippen LogP contribution is 2.32. The minimum Gasteiger partial charge on any atom is -0.487 e. The van der Waals surface area contributed by atoms with Gasteiger partial charge in [0.1, 0.15) is 18.2 Å². The Morgan fingerprint density at radius 3 is 2.74 bits per heavy atom. The van der Waals surface area contributed by atoms with Gasteiger partial charge in [-0.05, 0) is 65.2 Å². The van der Waals surface area contributed by atoms with E-state index in [1.165, 1.54) is 4.68 Å². The average Bonchev–Trinajstić information content (AvgIpc) is 2.82. The van der Waals surface area contributed by atoms with Crippen molar-refractivity contribution < 1.29 is 4.74 Å². The highest BCUT2D eigenvalue weighted by Gasteiger charge is 2.13. The number of hydrogen-bond donors (Lipinski definition) is 0. The third kappa shape index (κ3) is 6.21. The molecule has 35 heavy (non-hydrogen) atoms. The standard InChI is InChI=1S/C27H24Br2ClN3O2/c1-3-4-8-25-32-24-10-9-20(28)13-22(24)27(34)33(25)31-15-19-12-21(30)14-23(29)26(19)35-16-18-7-5-6-17(2)11-18/h5-7,9-15H,3-4,8,16H2,1-2H3. The van der Waals surface area contributed by atoms with E-state index in [1.54, 1.807) is 24.4 Å². The Morgan fingerprint density at radius 1 is 1.14 bits per heavy atom. The van der Waals surface area contributed by atoms with Crippen LogP contribution >= 0.6 is 43.5 Å². The predicted octanol–water partition coefficient (Wildman–Crippen LogP) is 7.69. The van der Waals surface area contributed by atoms with E-state index in [0.29, 0.717) is 50.6 Å². The third-order valence-electron chi connectivity index (χ3n) is 5.44. The van der Waals surface area contributed by atoms with Crippen molar-refractivity contribution >= 4 is 60.6 Å². The molecule has 4 rings (SSSR count). The van der Waals surface area contributed by atoms with Gasteiger partial charge >= 0.3 is 0 Å². The van der Waals surface area contributed by atoms with Gasteiger partial charge in [0.25, 0.3) is 5.56 Å². The molecule has 0 atom stereocenters. The normalized spacial score (nSPS) is 11.5. The lowest BCUT2D eigenvalue weighted by Gasteiger charge is -2.13. The molecular formula is C27H24Br2ClN3O2. The summed E-state index contributed by atoms with van der Waals surface area (Å²) in [5.74, 6) is 1.21. The van der Waals surface area contributed by atoms with Crippen LogP contribution in [0.4, 0.5) is 0 Å². The highest BCUT2D eigenvalue weighted by atomic mass is 79.9. The molecule has 0 N–H and O–H groups in total. The van der Waals surface area contributed by atoms with Crippen LogP contribution in [0, 0.1) is 6.92 Å². The summed E-state index contributed by atoms with van der Waals surface area (Å²) in [5, 5.41) is 5.59. The Morgan fingerprint density at radius 2 is 1.97 bits per heavy atom. The molecule has 1 aromatic heterocycles. The van der Waals surface area contributed by atoms with Gasteiger partial charge in [-0.15, -0.1) is 0 Å². The number of hydrogen-bond acceptors (Lipinski definition) is 4. The number of unbranched alkanes of at least 4 members (excludes halogenated alkanes) is 1. The van der Waals surface area contributed by atoms with Gasteiger partial charge in [0.2, 0.25) is 0 Å². The number of ether oxygens (including phenoxy) is 1. The fraction of sp³-hybridized carbons (Fsp3) is 0.222. The molecular weight excluding hydrogens is 594 g/mol. The maximum atomic E-state index is 13.4. The topological polar surface area (TPSA) is 56.5 Å². The number of rotatable bonds is 8. The molecule has 0 aliphatic heterocycles. The molecule has 4 aromatic rings. The van der Waals surface area contributed by atoms with Crippen LogP contribution < -0.4 is 10.3 Å². The summed E-state index contributed by atoms with van der Waals surface area (Å²) in [6.45, 7) is 4.53. The molecule has 0 aliphatic rings. The first kappa shape index (κ1) is 25.6. The van der Waals surface area contributed by atoms with Crippen molar-refractivity contribution in [2.45, 2.75) is 39.7 Å². The maximum absolute atomic E-state index is 13.4. The molecule has 0 saturated carbocycles. The molecule has 0 aliphatic carbocycles. The van der Waals surface area contributed by atoms with Crippen LogP contribution in [-0.4, -0.2) is 15.9 Å². The van der Waals surface area contributed by atoms with Crippen molar-refractivity contribution in [3.8, 4) is 5.75 Å². The average molecular weight is 618 g/mol. The van der Waals surface area contributed by atoms with Gasteiger partial charge in [-0.3, -0.25) is 4.79 Å². The van der Waals surface area contributed by atoms with Gasteiger partial charge in [0.05, 0.1) is 21.6 Å². The second kappa shape index (κ2) is 11.5. The molecule has 5 nitrogen and oxygen atoms in total. The summed E-state index contributed by atoms with van der Waals surface area (Å²) < 4.78 is 9.05. The molecule has 0 saturated heterocycles. The summed E-state index contributed by atoms with van der Waals surface area (Å²) in [7, 11) is 0. The lowest BCUT2D eigenvalue weighted by Crippen LogP contribution is -2.22. The van der Waals surface area contributed by atoms with E-state index in [1.807, 2.05) is 37.3 Å². The lowest BCUT2D eigenvalue weighted by molar-refractivity contribution is 0.303. The molecule has 180 valence electrons. The van der Waals surface area contributed by atoms with Gasteiger partial charge < -0.3 is 4.74 Å². The van der Waals surface area contributed by atoms with Crippen LogP contribution in [0.3, 0.4) is 0 Å². The van der Waals surface area contributed by atoms with Crippen LogP contribution in [0.2, 0.25) is 5.02 Å². The summed E-state index contributed by atoms with van der Waals surface area (Å²) >= 11 is 13.3. The zero-order chi connectivity index (χ0) is 24.9. The Labute approximate surface area is 226 Å². The molecule has 3 aromatic carbocycles. The number of aryl methyl sites for hydroxylation is 2. The van der Waals surface area contributed by atoms with Gasteiger partial charge in [0.15, 0.2) is 0 Å². The Balaban J connectivity index is 1.75. The molecule has 8 heteroatoms. The first-order valence-electron chi connectivity index (χ1n) is 11.3. The molecule has 0 unspecified atom stereocenters. The van der Waals surface area contributed by atoms with Gasteiger partial charge in [-0.25, -0.2) is 4.98 Å². The summed E-state index contributed by atoms with van der Waals surface area (Å²) in [6, 6.07) is 17.2. The number of fused-ring (bicyclic) bond motifs is 1. The van der Waals surface area contributed by atoms with Gasteiger partial charge in [-0.2, -0.15) is 9.78 Å². The zero-order valence-corrected chi connectivity index (χ0v) is 23.3. The minimum atomic E-state index is -0.220. The van der Waals surface area contributed by atoms with Crippen molar-refractivity contribution in [3.05, 3.63) is 101 Å². The highest BCUT2D eigenvalue weighted by molar-refractivity contribution is 9.10. The van der Waals surface area contributed by atoms with Crippen molar-refractivity contribution in [1.82, 2.24) is 9.66 Å². The number of aromatic nitrogens is 2. The SMILES string of the molecule is CCCCc1nc2ccc(Br)cc2c(=O)n1N=Cc1cc(Cl)cc(Br)c1OCc1cccc(C)c1. The van der Waals surface area contributed by atoms with Crippen LogP contribution in [0.15, 0.2) is 73.4 Å². The van der Waals surface area contributed by atoms with E-state index in [2.05, 4.69) is 50.0 Å². The van der Waals surface area contributed by atoms with Gasteiger partial charge in [0, 0.05) is 21.5 Å². The monoisotopic (exact) mass is 615 g/mol. The van der Waals surface area contributed by atoms with E-state index < -0.39 is 0 Å². The zero-order valence-electron chi connectivity index (χ0n) is 19.4. The summed E-state index contributed by atoms with van der Waals surface area (Å²) in [6.07, 6.45) is 4.13. The largest absolute Gasteiger partial charge is 0.487 e. The van der Waals surface area contributed by atoms with Crippen molar-refractivity contribution in [1.29, 1.82) is 0 Å². The fourth-order valence-corrected chi connectivity index (χ4v) is 5.03. The Hall–Kier alpha value is -2.48. The maximum Gasteiger partial charge on any atom is 0.282 e. The lowest BCUT2D eigenvalue weighted by atomic mass is 10.1. The third-order valence-corrected chi connectivity index (χ3v) is 6.74. The second-order valence-electron chi connectivity index (χ2n) is 8.24. The Bertz CT molecular complexity index is 1470. The number of nitrogens with zero attached hydrogens (tertiary/aromatic N) is 3. The first-order valence-corrected chi connectivity index (χ1v) is 13.2. The van der Waals surface area contributed by atoms with Gasteiger partial charge in [-0.1, -0.05) is 70.7 Å². The van der Waals surface area contributed by atoms with E-state index >= 15 is 0 Å². The van der Waals surface area contributed by atoms with E-state index in [0.717, 1.165) is 28.4 Å². The van der Waals surface area contributed by atoms with E-state index in [9.17, 15) is 4.79 Å². The molecule has 0 bridgehead atoms. The number of benzene rings is 3. The van der Waals surface area contributed by atoms with Crippen molar-refractivity contribution in [2.24, 2.45) is 5.10 Å². The fourth-order valence-electron chi connectivity index (χ4n) is 3.72. The van der Waals surface area contributed by atoms with Crippen LogP contribution in [0.5, 0.6) is 5.75 Å². The molecule has 1 heterocycles. The van der Waals surface area contributed by atoms with Crippen LogP contribution in [-0.2, 0) is 13.0 Å². The predicted molar refractivity (Wildman–Crippen MR) is 150 cm³/mol. The molecule has 0 fully saturated rings. The van der Waals surface area contributed by atoms with Crippen molar-refractivity contribution in [2.75, 3.05) is 0 Å². The summed E-state index contributed by atoms with van der Waals surface area (Å²) in [5.41, 5.74) is 3.31. The molecule has 0 radical (unpaired) electrons. The smallest absolute Gasteiger partial charge is 0.282 e. The first-order chi connectivity index (χ1) is 16.9. The van der Waals surface area contributed by atoms with Crippen LogP contribution in [0.1, 0.15) is 42.3 Å². The van der Waals surface area contributed by atoms with Crippen molar-refractivity contribution in [3.63, 3.8) is 0 Å². The molecule has 0 spiro atoms. The number of halogens is 3. The van der Waals surface area contributed by atoms with E-state index in [-0.39, 0.29) is 5.56 Å². The molecule has 0 amide bonds. The quantitative estimate of drug-likeness (QED) is 0.191. The minimum absolute atomic E-state index is 0.220.